The summed E-state index contributed by atoms with van der Waals surface area (Å²) in [6, 6.07) is 10.9. The average molecular weight is 1630 g/mol. The highest BCUT2D eigenvalue weighted by molar-refractivity contribution is 9.11. The van der Waals surface area contributed by atoms with E-state index in [1.54, 1.807) is 65.8 Å². The summed E-state index contributed by atoms with van der Waals surface area (Å²) in [5.74, 6) is 0.994. The Kier molecular flexibility index (Phi) is 22.2. The summed E-state index contributed by atoms with van der Waals surface area (Å²) in [6.07, 6.45) is 27.8. The number of aromatic nitrogens is 4. The second-order valence-corrected chi connectivity index (χ2v) is 37.2. The zero-order valence-corrected chi connectivity index (χ0v) is 65.1. The molecule has 2 aromatic carbocycles. The Bertz CT molecular complexity index is 4860. The molecular formula is C77H84Br2N8O14S4. The fourth-order valence-corrected chi connectivity index (χ4v) is 20.7. The highest BCUT2D eigenvalue weighted by atomic mass is 79.9. The van der Waals surface area contributed by atoms with Gasteiger partial charge in [-0.25, -0.2) is 36.8 Å². The molecule has 0 unspecified atom stereocenters. The summed E-state index contributed by atoms with van der Waals surface area (Å²) in [6.45, 7) is 2.38. The molecule has 2 aliphatic heterocycles. The van der Waals surface area contributed by atoms with Crippen LogP contribution >= 0.6 is 54.5 Å². The second kappa shape index (κ2) is 30.8. The summed E-state index contributed by atoms with van der Waals surface area (Å²) in [4.78, 5) is 107. The number of aliphatic hydroxyl groups is 2. The van der Waals surface area contributed by atoms with Gasteiger partial charge in [0.1, 0.15) is 55.9 Å². The van der Waals surface area contributed by atoms with E-state index in [1.165, 1.54) is 22.7 Å². The van der Waals surface area contributed by atoms with Gasteiger partial charge in [-0.3, -0.25) is 38.2 Å². The minimum atomic E-state index is -3.91. The molecule has 0 radical (unpaired) electrons. The number of carbonyl (C=O) groups is 6. The number of hydrogen-bond acceptors (Lipinski definition) is 20. The topological polar surface area (TPSA) is 312 Å². The summed E-state index contributed by atoms with van der Waals surface area (Å²) >= 11 is 9.93. The predicted octanol–water partition coefficient (Wildman–Crippen LogP) is 11.5. The molecule has 4 aromatic heterocycles. The van der Waals surface area contributed by atoms with Crippen molar-refractivity contribution in [3.63, 3.8) is 0 Å². The number of nitrogens with one attached hydrogen (secondary N) is 2. The standard InChI is InChI=1S/C39H43BrN4O7S2.C38H41BrN4O7S2/c1-4-25-22-52-35(41-25)30-18-32(28-12-10-23(21-45)33(40)34(28)42-30)51-26-11-13-27-29(17-26)31(46)20-39(37(48)43-53(49,50)38(2)14-15-38)19-24(39)9-7-5-6-8-16-44(3)36(27)47;1-3-24-21-51-35(40-24)30-17-32(28-13-9-22(20-44)33(39)34(28)41-30)50-25-10-14-27-29(16-25)31(45)19-38(37(47)42-52(48,49)26-11-12-26)18-23(38)8-6-4-5-7-15-43(2)36(27)46/h1,7,9-10,12,18,22,24,26-27,29,45H,5-6,8,11,13-17,19-21H2,2-3H3,(H,43,48);1,6,8-9,13,17,21,23,25-27,29,44H,4-5,7,10-12,14-16,18-20H2,2H3,(H,42,47)/b9-7-;8-6-/t24-,26+,27-,29-,39-;23-,25+,27-,29-,38-/m11/s1. The van der Waals surface area contributed by atoms with Gasteiger partial charge in [-0.15, -0.1) is 35.5 Å². The molecule has 6 fully saturated rings. The lowest BCUT2D eigenvalue weighted by Gasteiger charge is -2.37. The number of benzene rings is 2. The van der Waals surface area contributed by atoms with E-state index in [9.17, 15) is 55.8 Å². The Balaban J connectivity index is 0.000000186. The number of ketones is 2. The molecule has 6 aliphatic carbocycles. The lowest BCUT2D eigenvalue weighted by atomic mass is 9.72. The molecule has 4 N–H and O–H groups in total. The SMILES string of the molecule is C#Cc1csc(-c2cc(O[C@H]3CC[C@H]4C(=O)N(C)CCCC/C=C\[C@@H]5C[C@@]5(C(=O)NS(=O)(=O)C5(C)CC5)CC(=O)[C@@H]4C3)c3ccc(CO)c(Br)c3n2)n1.C#Cc1csc(-c2cc(O[C@H]3CC[C@H]4C(=O)N(C)CCCC/C=C\[C@@H]5C[C@@]5(C(=O)NS(=O)(=O)C5CC5)CC(=O)[C@@H]4C3)c3ccc(CO)c(Br)c3n2)n1. The highest BCUT2D eigenvalue weighted by Crippen LogP contribution is 2.60. The van der Waals surface area contributed by atoms with Crippen LogP contribution < -0.4 is 18.9 Å². The molecule has 8 aliphatic rings. The first-order chi connectivity index (χ1) is 50.2. The van der Waals surface area contributed by atoms with Crippen LogP contribution in [-0.2, 0) is 62.0 Å². The normalized spacial score (nSPS) is 27.7. The number of terminal acetylenes is 2. The molecule has 28 heteroatoms. The lowest BCUT2D eigenvalue weighted by molar-refractivity contribution is -0.144. The van der Waals surface area contributed by atoms with Crippen molar-refractivity contribution in [2.75, 3.05) is 27.2 Å². The first-order valence-corrected chi connectivity index (χ1v) is 42.3. The number of amides is 4. The number of allylic oxidation sites excluding steroid dienone is 4. The van der Waals surface area contributed by atoms with Gasteiger partial charge in [0.15, 0.2) is 0 Å². The fraction of sp³-hybridized carbons (Fsp3) is 0.506. The summed E-state index contributed by atoms with van der Waals surface area (Å²) < 4.78 is 70.3. The van der Waals surface area contributed by atoms with Crippen molar-refractivity contribution < 1.29 is 65.3 Å². The Morgan fingerprint density at radius 3 is 1.47 bits per heavy atom. The maximum Gasteiger partial charge on any atom is 0.240 e. The maximum atomic E-state index is 14.5. The number of ether oxygens (including phenoxy) is 2. The van der Waals surface area contributed by atoms with Crippen molar-refractivity contribution in [3.8, 4) is 57.6 Å². The summed E-state index contributed by atoms with van der Waals surface area (Å²) in [7, 11) is -4.17. The van der Waals surface area contributed by atoms with Crippen molar-refractivity contribution >= 4 is 132 Å². The van der Waals surface area contributed by atoms with Crippen molar-refractivity contribution in [2.24, 2.45) is 46.3 Å². The molecule has 0 saturated heterocycles. The van der Waals surface area contributed by atoms with Crippen LogP contribution in [0.25, 0.3) is 43.2 Å². The van der Waals surface area contributed by atoms with E-state index < -0.39 is 88.6 Å². The largest absolute Gasteiger partial charge is 0.490 e. The number of sulfonamides is 2. The first kappa shape index (κ1) is 75.9. The smallest absolute Gasteiger partial charge is 0.240 e. The minimum Gasteiger partial charge on any atom is -0.490 e. The summed E-state index contributed by atoms with van der Waals surface area (Å²) in [5.41, 5.74) is 2.10. The molecule has 10 atom stereocenters. The number of Topliss-reactive ketones (excluding diaryl/α,β-unsaturated/α-hetero) is 2. The van der Waals surface area contributed by atoms with Crippen molar-refractivity contribution in [2.45, 2.75) is 171 Å². The van der Waals surface area contributed by atoms with E-state index in [2.05, 4.69) is 63.1 Å². The van der Waals surface area contributed by atoms with Crippen molar-refractivity contribution in [3.05, 3.63) is 103 Å². The predicted molar refractivity (Wildman–Crippen MR) is 406 cm³/mol. The van der Waals surface area contributed by atoms with Gasteiger partial charge < -0.3 is 29.5 Å². The Morgan fingerprint density at radius 1 is 0.629 bits per heavy atom. The zero-order valence-electron chi connectivity index (χ0n) is 58.6. The Labute approximate surface area is 636 Å². The monoisotopic (exact) mass is 1630 g/mol. The molecule has 6 aromatic rings. The maximum absolute atomic E-state index is 14.5. The molecular weight excluding hydrogens is 1550 g/mol. The van der Waals surface area contributed by atoms with E-state index in [1.807, 2.05) is 36.4 Å². The number of nitrogens with zero attached hydrogens (tertiary/aromatic N) is 6. The minimum absolute atomic E-state index is 0.100. The number of thiazole rings is 2. The van der Waals surface area contributed by atoms with Gasteiger partial charge in [0.05, 0.1) is 57.3 Å². The van der Waals surface area contributed by atoms with E-state index in [4.69, 9.17) is 32.3 Å². The number of aliphatic hydroxyl groups excluding tert-OH is 2. The zero-order chi connectivity index (χ0) is 74.5. The third kappa shape index (κ3) is 15.9. The van der Waals surface area contributed by atoms with Crippen LogP contribution in [0.1, 0.15) is 158 Å². The third-order valence-corrected chi connectivity index (χ3v) is 30.0. The third-order valence-electron chi connectivity index (χ3n) is 22.6. The van der Waals surface area contributed by atoms with Crippen LogP contribution in [0.15, 0.2) is 80.4 Å². The first-order valence-electron chi connectivity index (χ1n) is 35.9. The van der Waals surface area contributed by atoms with Crippen LogP contribution in [0.3, 0.4) is 0 Å². The van der Waals surface area contributed by atoms with Crippen LogP contribution in [-0.4, -0.2) is 141 Å². The number of carbonyl (C=O) groups excluding carboxylic acids is 6. The highest BCUT2D eigenvalue weighted by Gasteiger charge is 2.64. The number of hydrogen-bond donors (Lipinski definition) is 4. The molecule has 554 valence electrons. The molecule has 22 nitrogen and oxygen atoms in total. The Morgan fingerprint density at radius 2 is 1.07 bits per heavy atom. The molecule has 0 bridgehead atoms. The molecule has 0 spiro atoms. The Hall–Kier alpha value is -7.28. The van der Waals surface area contributed by atoms with Gasteiger partial charge in [-0.05, 0) is 201 Å². The summed E-state index contributed by atoms with van der Waals surface area (Å²) in [5, 5.41) is 25.5. The van der Waals surface area contributed by atoms with Crippen molar-refractivity contribution in [1.29, 1.82) is 0 Å². The molecule has 14 rings (SSSR count). The van der Waals surface area contributed by atoms with Gasteiger partial charge in [0.25, 0.3) is 0 Å². The number of fused-ring (bicyclic) bond motifs is 6. The van der Waals surface area contributed by atoms with E-state index in [0.717, 1.165) is 38.5 Å². The van der Waals surface area contributed by atoms with Crippen LogP contribution in [0.4, 0.5) is 0 Å². The van der Waals surface area contributed by atoms with Gasteiger partial charge in [-0.2, -0.15) is 0 Å². The van der Waals surface area contributed by atoms with Gasteiger partial charge in [-0.1, -0.05) is 36.4 Å². The van der Waals surface area contributed by atoms with Crippen LogP contribution in [0, 0.1) is 71.0 Å². The van der Waals surface area contributed by atoms with Gasteiger partial charge >= 0.3 is 0 Å². The van der Waals surface area contributed by atoms with E-state index in [-0.39, 0.29) is 74.1 Å². The average Bonchev–Trinajstić information content (AvgIpc) is 1.67. The quantitative estimate of drug-likeness (QED) is 0.0581. The molecule has 4 amide bonds. The lowest BCUT2D eigenvalue weighted by Crippen LogP contribution is -2.47. The number of pyridine rings is 2. The fourth-order valence-electron chi connectivity index (χ4n) is 15.4. The van der Waals surface area contributed by atoms with Gasteiger partial charge in [0, 0.05) is 106 Å². The molecule has 105 heavy (non-hydrogen) atoms. The van der Waals surface area contributed by atoms with Crippen molar-refractivity contribution in [1.82, 2.24) is 39.2 Å². The van der Waals surface area contributed by atoms with Crippen LogP contribution in [0.2, 0.25) is 0 Å². The van der Waals surface area contributed by atoms with E-state index in [0.29, 0.717) is 163 Å². The second-order valence-electron chi connectivity index (χ2n) is 29.7. The number of halogens is 2. The molecule has 6 heterocycles. The van der Waals surface area contributed by atoms with Crippen LogP contribution in [0.5, 0.6) is 11.5 Å². The van der Waals surface area contributed by atoms with E-state index >= 15 is 0 Å². The van der Waals surface area contributed by atoms with Gasteiger partial charge in [0.2, 0.25) is 43.7 Å². The number of rotatable bonds is 14. The molecule has 6 saturated carbocycles.